The molecule has 0 fully saturated rings. The normalized spacial score (nSPS) is 12.6. The SMILES string of the molecule is CCC/C=C\C/C=C\CCCCCCCC(=O)OCCCCCCCCCCCCCCCCCCCCCCCCCCCCCCCCCCCCCCCC(=O)NC(CO)C(O)/C=C/CCCCCCCCCCCCCCCCCCCCCCCCC. The topological polar surface area (TPSA) is 95.9 Å². The first-order chi connectivity index (χ1) is 45.5. The zero-order valence-electron chi connectivity index (χ0n) is 62.6. The largest absolute Gasteiger partial charge is 0.466 e. The number of aliphatic hydroxyl groups is 2. The molecule has 0 saturated carbocycles. The molecular formula is C86H165NO5. The van der Waals surface area contributed by atoms with E-state index < -0.39 is 12.1 Å². The van der Waals surface area contributed by atoms with Crippen LogP contribution >= 0.6 is 0 Å². The summed E-state index contributed by atoms with van der Waals surface area (Å²) in [5.74, 6) is -0.0482. The molecule has 0 radical (unpaired) electrons. The van der Waals surface area contributed by atoms with Crippen molar-refractivity contribution in [3.8, 4) is 0 Å². The lowest BCUT2D eigenvalue weighted by atomic mass is 10.0. The van der Waals surface area contributed by atoms with Crippen molar-refractivity contribution in [3.63, 3.8) is 0 Å². The molecule has 0 spiro atoms. The summed E-state index contributed by atoms with van der Waals surface area (Å²) >= 11 is 0. The zero-order valence-corrected chi connectivity index (χ0v) is 62.6. The summed E-state index contributed by atoms with van der Waals surface area (Å²) in [6, 6.07) is -0.625. The fourth-order valence-electron chi connectivity index (χ4n) is 13.5. The molecule has 1 amide bonds. The fourth-order valence-corrected chi connectivity index (χ4v) is 13.5. The predicted molar refractivity (Wildman–Crippen MR) is 407 cm³/mol. The Morgan fingerprint density at radius 3 is 0.870 bits per heavy atom. The van der Waals surface area contributed by atoms with Crippen LogP contribution in [-0.4, -0.2) is 47.4 Å². The number of esters is 1. The summed E-state index contributed by atoms with van der Waals surface area (Å²) in [5.41, 5.74) is 0. The van der Waals surface area contributed by atoms with Crippen LogP contribution in [0.25, 0.3) is 0 Å². The highest BCUT2D eigenvalue weighted by molar-refractivity contribution is 5.76. The van der Waals surface area contributed by atoms with E-state index in [1.165, 1.54) is 398 Å². The van der Waals surface area contributed by atoms with E-state index in [1.807, 2.05) is 6.08 Å². The van der Waals surface area contributed by atoms with E-state index >= 15 is 0 Å². The van der Waals surface area contributed by atoms with Crippen molar-refractivity contribution < 1.29 is 24.5 Å². The number of aliphatic hydroxyl groups excluding tert-OH is 2. The van der Waals surface area contributed by atoms with E-state index in [-0.39, 0.29) is 18.5 Å². The van der Waals surface area contributed by atoms with Crippen molar-refractivity contribution in [2.24, 2.45) is 0 Å². The maximum absolute atomic E-state index is 12.6. The number of hydrogen-bond donors (Lipinski definition) is 3. The van der Waals surface area contributed by atoms with Gasteiger partial charge in [0.15, 0.2) is 0 Å². The summed E-state index contributed by atoms with van der Waals surface area (Å²) < 4.78 is 5.49. The number of carbonyl (C=O) groups excluding carboxylic acids is 2. The van der Waals surface area contributed by atoms with Gasteiger partial charge in [-0.15, -0.1) is 0 Å². The molecule has 2 atom stereocenters. The fraction of sp³-hybridized carbons (Fsp3) is 0.907. The van der Waals surface area contributed by atoms with Gasteiger partial charge >= 0.3 is 5.97 Å². The Morgan fingerprint density at radius 2 is 0.565 bits per heavy atom. The average Bonchev–Trinajstić information content (AvgIpc) is 3.55. The number of nitrogens with one attached hydrogen (secondary N) is 1. The highest BCUT2D eigenvalue weighted by atomic mass is 16.5. The van der Waals surface area contributed by atoms with Gasteiger partial charge < -0.3 is 20.3 Å². The molecule has 0 saturated heterocycles. The van der Waals surface area contributed by atoms with Gasteiger partial charge in [0.05, 0.1) is 25.4 Å². The minimum Gasteiger partial charge on any atom is -0.466 e. The van der Waals surface area contributed by atoms with Gasteiger partial charge in [-0.2, -0.15) is 0 Å². The third-order valence-corrected chi connectivity index (χ3v) is 19.9. The highest BCUT2D eigenvalue weighted by Crippen LogP contribution is 2.21. The van der Waals surface area contributed by atoms with Gasteiger partial charge in [-0.05, 0) is 57.8 Å². The molecule has 2 unspecified atom stereocenters. The van der Waals surface area contributed by atoms with E-state index in [1.54, 1.807) is 6.08 Å². The molecule has 0 rings (SSSR count). The van der Waals surface area contributed by atoms with E-state index in [9.17, 15) is 19.8 Å². The summed E-state index contributed by atoms with van der Waals surface area (Å²) in [6.45, 7) is 4.89. The first-order valence-corrected chi connectivity index (χ1v) is 42.3. The van der Waals surface area contributed by atoms with Crippen LogP contribution in [-0.2, 0) is 14.3 Å². The highest BCUT2D eigenvalue weighted by Gasteiger charge is 2.18. The summed E-state index contributed by atoms with van der Waals surface area (Å²) in [7, 11) is 0. The second-order valence-corrected chi connectivity index (χ2v) is 29.2. The Kier molecular flexibility index (Phi) is 79.8. The van der Waals surface area contributed by atoms with Crippen LogP contribution in [0.4, 0.5) is 0 Å². The second-order valence-electron chi connectivity index (χ2n) is 29.2. The molecule has 0 aliphatic heterocycles. The minimum atomic E-state index is -0.842. The molecular weight excluding hydrogens is 1130 g/mol. The Hall–Kier alpha value is -1.92. The standard InChI is InChI=1S/C86H165NO5/c1-3-5-7-9-11-13-15-17-18-19-20-21-22-36-39-42-45-48-51-55-58-62-66-70-74-78-84(89)83(82-88)87-85(90)79-75-71-67-63-59-56-52-49-46-43-40-37-34-32-30-28-26-24-23-25-27-29-31-33-35-38-41-44-47-50-53-57-61-65-69-73-77-81-92-86(91)80-76-72-68-64-60-54-16-14-12-10-8-6-4-2/h8,10,14,16,74,78,83-84,88-89H,3-7,9,11-13,15,17-73,75-77,79-82H2,1-2H3,(H,87,90)/b10-8-,16-14-,78-74+. The van der Waals surface area contributed by atoms with Crippen molar-refractivity contribution >= 4 is 11.9 Å². The first-order valence-electron chi connectivity index (χ1n) is 42.3. The Labute approximate surface area is 576 Å². The molecule has 6 heteroatoms. The summed E-state index contributed by atoms with van der Waals surface area (Å²) in [5, 5.41) is 23.3. The van der Waals surface area contributed by atoms with Gasteiger partial charge in [-0.1, -0.05) is 442 Å². The molecule has 0 heterocycles. The number of allylic oxidation sites excluding steroid dienone is 5. The van der Waals surface area contributed by atoms with Gasteiger partial charge in [-0.3, -0.25) is 9.59 Å². The van der Waals surface area contributed by atoms with Gasteiger partial charge in [0.2, 0.25) is 5.91 Å². The quantitative estimate of drug-likeness (QED) is 0.0320. The smallest absolute Gasteiger partial charge is 0.305 e. The lowest BCUT2D eigenvalue weighted by Gasteiger charge is -2.20. The third-order valence-electron chi connectivity index (χ3n) is 19.9. The number of amides is 1. The molecule has 92 heavy (non-hydrogen) atoms. The molecule has 0 aromatic rings. The van der Waals surface area contributed by atoms with Gasteiger partial charge in [-0.25, -0.2) is 0 Å². The molecule has 0 aliphatic rings. The van der Waals surface area contributed by atoms with Crippen molar-refractivity contribution in [3.05, 3.63) is 36.5 Å². The summed E-state index contributed by atoms with van der Waals surface area (Å²) in [4.78, 5) is 24.6. The molecule has 3 N–H and O–H groups in total. The van der Waals surface area contributed by atoms with Crippen LogP contribution in [0, 0.1) is 0 Å². The number of ether oxygens (including phenoxy) is 1. The predicted octanol–water partition coefficient (Wildman–Crippen LogP) is 28.2. The van der Waals surface area contributed by atoms with Crippen LogP contribution in [0.5, 0.6) is 0 Å². The van der Waals surface area contributed by atoms with Crippen LogP contribution < -0.4 is 5.32 Å². The number of carbonyl (C=O) groups is 2. The number of unbranched alkanes of at least 4 members (excludes halogenated alkanes) is 65. The third kappa shape index (κ3) is 77.1. The molecule has 0 aliphatic carbocycles. The van der Waals surface area contributed by atoms with Crippen molar-refractivity contribution in [1.82, 2.24) is 5.32 Å². The van der Waals surface area contributed by atoms with E-state index in [2.05, 4.69) is 43.5 Å². The number of hydrogen-bond acceptors (Lipinski definition) is 5. The first kappa shape index (κ1) is 90.1. The lowest BCUT2D eigenvalue weighted by molar-refractivity contribution is -0.143. The van der Waals surface area contributed by atoms with Crippen molar-refractivity contribution in [2.75, 3.05) is 13.2 Å². The molecule has 544 valence electrons. The van der Waals surface area contributed by atoms with Gasteiger partial charge in [0.1, 0.15) is 0 Å². The van der Waals surface area contributed by atoms with Gasteiger partial charge in [0, 0.05) is 12.8 Å². The van der Waals surface area contributed by atoms with Crippen LogP contribution in [0.1, 0.15) is 476 Å². The summed E-state index contributed by atoms with van der Waals surface area (Å²) in [6.07, 6.45) is 107. The van der Waals surface area contributed by atoms with Crippen molar-refractivity contribution in [2.45, 2.75) is 488 Å². The Balaban J connectivity index is 3.33. The monoisotopic (exact) mass is 1290 g/mol. The molecule has 0 aromatic carbocycles. The molecule has 6 nitrogen and oxygen atoms in total. The average molecular weight is 1290 g/mol. The van der Waals surface area contributed by atoms with Crippen LogP contribution in [0.15, 0.2) is 36.5 Å². The minimum absolute atomic E-state index is 0.00843. The molecule has 0 aromatic heterocycles. The Morgan fingerprint density at radius 1 is 0.304 bits per heavy atom. The maximum atomic E-state index is 12.6. The van der Waals surface area contributed by atoms with E-state index in [0.717, 1.165) is 51.4 Å². The van der Waals surface area contributed by atoms with Crippen molar-refractivity contribution in [1.29, 1.82) is 0 Å². The number of rotatable bonds is 80. The van der Waals surface area contributed by atoms with Gasteiger partial charge in [0.25, 0.3) is 0 Å². The van der Waals surface area contributed by atoms with Crippen LogP contribution in [0.3, 0.4) is 0 Å². The molecule has 0 bridgehead atoms. The van der Waals surface area contributed by atoms with Crippen LogP contribution in [0.2, 0.25) is 0 Å². The van der Waals surface area contributed by atoms with E-state index in [0.29, 0.717) is 19.4 Å². The zero-order chi connectivity index (χ0) is 66.3. The lowest BCUT2D eigenvalue weighted by Crippen LogP contribution is -2.45. The Bertz CT molecular complexity index is 1490. The second kappa shape index (κ2) is 81.5. The van der Waals surface area contributed by atoms with E-state index in [4.69, 9.17) is 4.74 Å². The maximum Gasteiger partial charge on any atom is 0.305 e.